The van der Waals surface area contributed by atoms with Gasteiger partial charge in [-0.25, -0.2) is 0 Å². The summed E-state index contributed by atoms with van der Waals surface area (Å²) in [6.07, 6.45) is 0. The predicted octanol–water partition coefficient (Wildman–Crippen LogP) is 4.87. The summed E-state index contributed by atoms with van der Waals surface area (Å²) in [4.78, 5) is 0. The van der Waals surface area contributed by atoms with Gasteiger partial charge in [0.1, 0.15) is 0 Å². The number of anilines is 2. The topological polar surface area (TPSA) is 24.1 Å². The molecule has 0 unspecified atom stereocenters. The molecule has 98 valence electrons. The third-order valence-corrected chi connectivity index (χ3v) is 3.60. The van der Waals surface area contributed by atoms with Crippen LogP contribution in [0.5, 0.6) is 0 Å². The lowest BCUT2D eigenvalue weighted by atomic mass is 10.1. The van der Waals surface area contributed by atoms with E-state index in [4.69, 9.17) is 12.2 Å². The number of hydrogen-bond acceptors (Lipinski definition) is 1. The van der Waals surface area contributed by atoms with E-state index in [9.17, 15) is 0 Å². The molecule has 0 fully saturated rings. The van der Waals surface area contributed by atoms with Crippen molar-refractivity contribution in [2.75, 3.05) is 10.6 Å². The van der Waals surface area contributed by atoms with Gasteiger partial charge >= 0.3 is 0 Å². The van der Waals surface area contributed by atoms with Gasteiger partial charge in [-0.1, -0.05) is 22.0 Å². The molecule has 0 spiro atoms. The zero-order valence-electron chi connectivity index (χ0n) is 10.8. The Kier molecular flexibility index (Phi) is 4.56. The number of rotatable bonds is 2. The number of nitrogens with one attached hydrogen (secondary N) is 2. The number of halogens is 1. The van der Waals surface area contributed by atoms with Crippen molar-refractivity contribution in [3.8, 4) is 0 Å². The molecule has 0 heterocycles. The average Bonchev–Trinajstić information content (AvgIpc) is 2.37. The van der Waals surface area contributed by atoms with E-state index in [1.165, 1.54) is 11.1 Å². The Morgan fingerprint density at radius 3 is 2.11 bits per heavy atom. The van der Waals surface area contributed by atoms with Crippen LogP contribution in [0.4, 0.5) is 11.4 Å². The van der Waals surface area contributed by atoms with Crippen LogP contribution in [0, 0.1) is 13.8 Å². The number of benzene rings is 2. The molecule has 2 nitrogen and oxygen atoms in total. The van der Waals surface area contributed by atoms with Gasteiger partial charge < -0.3 is 10.6 Å². The van der Waals surface area contributed by atoms with Crippen LogP contribution in [0.2, 0.25) is 0 Å². The van der Waals surface area contributed by atoms with E-state index in [2.05, 4.69) is 52.5 Å². The van der Waals surface area contributed by atoms with Crippen LogP contribution >= 0.6 is 28.1 Å². The fraction of sp³-hybridized carbons (Fsp3) is 0.133. The zero-order chi connectivity index (χ0) is 13.8. The van der Waals surface area contributed by atoms with Gasteiger partial charge in [-0.15, -0.1) is 0 Å². The minimum atomic E-state index is 0.588. The van der Waals surface area contributed by atoms with Crippen LogP contribution < -0.4 is 10.6 Å². The molecular weight excluding hydrogens is 320 g/mol. The van der Waals surface area contributed by atoms with Crippen LogP contribution in [-0.4, -0.2) is 5.11 Å². The molecule has 4 heteroatoms. The molecule has 2 aromatic rings. The fourth-order valence-corrected chi connectivity index (χ4v) is 2.15. The van der Waals surface area contributed by atoms with Crippen molar-refractivity contribution in [3.63, 3.8) is 0 Å². The molecule has 2 aromatic carbocycles. The molecule has 19 heavy (non-hydrogen) atoms. The highest BCUT2D eigenvalue weighted by molar-refractivity contribution is 9.10. The quantitative estimate of drug-likeness (QED) is 0.765. The van der Waals surface area contributed by atoms with E-state index < -0.39 is 0 Å². The maximum Gasteiger partial charge on any atom is 0.175 e. The van der Waals surface area contributed by atoms with Crippen LogP contribution in [0.25, 0.3) is 0 Å². The van der Waals surface area contributed by atoms with Gasteiger partial charge in [0.15, 0.2) is 5.11 Å². The summed E-state index contributed by atoms with van der Waals surface area (Å²) in [5, 5.41) is 6.92. The molecule has 0 aliphatic rings. The lowest BCUT2D eigenvalue weighted by molar-refractivity contribution is 1.34. The lowest BCUT2D eigenvalue weighted by Crippen LogP contribution is -2.19. The second-order valence-electron chi connectivity index (χ2n) is 4.39. The SMILES string of the molecule is Cc1ccc(NC(=S)Nc2ccc(Br)cc2)cc1C. The first-order valence-corrected chi connectivity index (χ1v) is 7.15. The van der Waals surface area contributed by atoms with Crippen LogP contribution in [-0.2, 0) is 0 Å². The van der Waals surface area contributed by atoms with Crippen molar-refractivity contribution in [2.24, 2.45) is 0 Å². The van der Waals surface area contributed by atoms with Gasteiger partial charge in [0.25, 0.3) is 0 Å². The third-order valence-electron chi connectivity index (χ3n) is 2.87. The Morgan fingerprint density at radius 2 is 1.47 bits per heavy atom. The minimum absolute atomic E-state index is 0.588. The van der Waals surface area contributed by atoms with E-state index in [0.29, 0.717) is 5.11 Å². The molecular formula is C15H15BrN2S. The molecule has 0 radical (unpaired) electrons. The first-order valence-electron chi connectivity index (χ1n) is 5.95. The number of thiocarbonyl (C=S) groups is 1. The largest absolute Gasteiger partial charge is 0.332 e. The van der Waals surface area contributed by atoms with E-state index in [1.54, 1.807) is 0 Å². The summed E-state index contributed by atoms with van der Waals surface area (Å²) in [5.74, 6) is 0. The van der Waals surface area contributed by atoms with Crippen molar-refractivity contribution in [1.82, 2.24) is 0 Å². The van der Waals surface area contributed by atoms with Crippen LogP contribution in [0.3, 0.4) is 0 Å². The van der Waals surface area contributed by atoms with E-state index in [1.807, 2.05) is 30.3 Å². The third kappa shape index (κ3) is 4.04. The van der Waals surface area contributed by atoms with Gasteiger partial charge in [-0.05, 0) is 73.6 Å². The second-order valence-corrected chi connectivity index (χ2v) is 5.71. The van der Waals surface area contributed by atoms with Crippen molar-refractivity contribution in [2.45, 2.75) is 13.8 Å². The summed E-state index contributed by atoms with van der Waals surface area (Å²) in [6.45, 7) is 4.18. The van der Waals surface area contributed by atoms with Crippen molar-refractivity contribution < 1.29 is 0 Å². The highest BCUT2D eigenvalue weighted by Crippen LogP contribution is 2.16. The van der Waals surface area contributed by atoms with E-state index in [-0.39, 0.29) is 0 Å². The molecule has 0 amide bonds. The van der Waals surface area contributed by atoms with E-state index in [0.717, 1.165) is 15.8 Å². The molecule has 0 aliphatic carbocycles. The molecule has 0 saturated carbocycles. The smallest absolute Gasteiger partial charge is 0.175 e. The Balaban J connectivity index is 2.01. The Morgan fingerprint density at radius 1 is 0.895 bits per heavy atom. The zero-order valence-corrected chi connectivity index (χ0v) is 13.2. The normalized spacial score (nSPS) is 10.1. The van der Waals surface area contributed by atoms with Gasteiger partial charge in [-0.2, -0.15) is 0 Å². The van der Waals surface area contributed by atoms with Gasteiger partial charge in [0, 0.05) is 15.8 Å². The van der Waals surface area contributed by atoms with Crippen molar-refractivity contribution in [3.05, 3.63) is 58.1 Å². The second kappa shape index (κ2) is 6.17. The van der Waals surface area contributed by atoms with Crippen LogP contribution in [0.1, 0.15) is 11.1 Å². The van der Waals surface area contributed by atoms with Gasteiger partial charge in [0.05, 0.1) is 0 Å². The highest BCUT2D eigenvalue weighted by Gasteiger charge is 2.00. The number of hydrogen-bond donors (Lipinski definition) is 2. The summed E-state index contributed by atoms with van der Waals surface area (Å²) < 4.78 is 1.05. The lowest BCUT2D eigenvalue weighted by Gasteiger charge is -2.11. The van der Waals surface area contributed by atoms with Crippen molar-refractivity contribution in [1.29, 1.82) is 0 Å². The molecule has 2 rings (SSSR count). The Bertz CT molecular complexity index is 594. The van der Waals surface area contributed by atoms with Crippen LogP contribution in [0.15, 0.2) is 46.9 Å². The van der Waals surface area contributed by atoms with Crippen molar-refractivity contribution >= 4 is 44.6 Å². The van der Waals surface area contributed by atoms with E-state index >= 15 is 0 Å². The maximum atomic E-state index is 5.29. The summed E-state index contributed by atoms with van der Waals surface area (Å²) in [6, 6.07) is 14.1. The molecule has 2 N–H and O–H groups in total. The minimum Gasteiger partial charge on any atom is -0.332 e. The van der Waals surface area contributed by atoms with Gasteiger partial charge in [0.2, 0.25) is 0 Å². The monoisotopic (exact) mass is 334 g/mol. The Hall–Kier alpha value is -1.39. The predicted molar refractivity (Wildman–Crippen MR) is 89.9 cm³/mol. The summed E-state index contributed by atoms with van der Waals surface area (Å²) >= 11 is 8.70. The summed E-state index contributed by atoms with van der Waals surface area (Å²) in [5.41, 5.74) is 4.48. The number of aryl methyl sites for hydroxylation is 2. The summed E-state index contributed by atoms with van der Waals surface area (Å²) in [7, 11) is 0. The van der Waals surface area contributed by atoms with Gasteiger partial charge in [-0.3, -0.25) is 0 Å². The Labute approximate surface area is 127 Å². The average molecular weight is 335 g/mol. The molecule has 0 atom stereocenters. The molecule has 0 bridgehead atoms. The first kappa shape index (κ1) is 14.0. The molecule has 0 aromatic heterocycles. The standard InChI is InChI=1S/C15H15BrN2S/c1-10-3-6-14(9-11(10)2)18-15(19)17-13-7-4-12(16)5-8-13/h3-9H,1-2H3,(H2,17,18,19). The maximum absolute atomic E-state index is 5.29. The fourth-order valence-electron chi connectivity index (χ4n) is 1.65. The first-order chi connectivity index (χ1) is 9.04. The highest BCUT2D eigenvalue weighted by atomic mass is 79.9. The molecule has 0 saturated heterocycles. The molecule has 0 aliphatic heterocycles.